The van der Waals surface area contributed by atoms with Crippen molar-refractivity contribution < 1.29 is 8.78 Å². The highest BCUT2D eigenvalue weighted by Crippen LogP contribution is 2.09. The summed E-state index contributed by atoms with van der Waals surface area (Å²) < 4.78 is 24.2. The molecule has 0 amide bonds. The largest absolute Gasteiger partial charge is 0.396 e. The average Bonchev–Trinajstić information content (AvgIpc) is 1.80. The standard InChI is InChI=1S/C6H4F2N/c7-4-1-2-5(8)6(9)3-4/h2-3H,9H2. The summed E-state index contributed by atoms with van der Waals surface area (Å²) >= 11 is 0. The molecule has 0 aliphatic carbocycles. The molecule has 0 saturated carbocycles. The first-order valence-electron chi connectivity index (χ1n) is 2.32. The van der Waals surface area contributed by atoms with E-state index < -0.39 is 11.6 Å². The minimum absolute atomic E-state index is 0.189. The van der Waals surface area contributed by atoms with Gasteiger partial charge in [-0.25, -0.2) is 8.78 Å². The maximum absolute atomic E-state index is 12.2. The lowest BCUT2D eigenvalue weighted by Crippen LogP contribution is -1.90. The number of benzene rings is 1. The molecule has 0 heterocycles. The number of hydrogen-bond donors (Lipinski definition) is 1. The molecule has 0 fully saturated rings. The lowest BCUT2D eigenvalue weighted by molar-refractivity contribution is 0.602. The molecule has 0 aliphatic rings. The maximum atomic E-state index is 12.2. The Morgan fingerprint density at radius 3 is 2.56 bits per heavy atom. The maximum Gasteiger partial charge on any atom is 0.146 e. The van der Waals surface area contributed by atoms with Gasteiger partial charge in [0.05, 0.1) is 5.69 Å². The fourth-order valence-electron chi connectivity index (χ4n) is 0.463. The Hall–Kier alpha value is -1.12. The Bertz CT molecular complexity index is 222. The van der Waals surface area contributed by atoms with Gasteiger partial charge in [-0.05, 0) is 6.07 Å². The van der Waals surface area contributed by atoms with Crippen LogP contribution in [0.25, 0.3) is 0 Å². The summed E-state index contributed by atoms with van der Waals surface area (Å²) in [6.07, 6.45) is 0. The molecule has 0 atom stereocenters. The van der Waals surface area contributed by atoms with Crippen molar-refractivity contribution in [1.82, 2.24) is 0 Å². The molecule has 0 aliphatic heterocycles. The lowest BCUT2D eigenvalue weighted by atomic mass is 10.3. The molecule has 0 bridgehead atoms. The van der Waals surface area contributed by atoms with E-state index in [9.17, 15) is 8.78 Å². The van der Waals surface area contributed by atoms with Crippen LogP contribution in [0, 0.1) is 17.7 Å². The van der Waals surface area contributed by atoms with Crippen molar-refractivity contribution in [2.45, 2.75) is 0 Å². The zero-order chi connectivity index (χ0) is 6.85. The molecular formula is C6H4F2N. The second-order valence-corrected chi connectivity index (χ2v) is 1.58. The van der Waals surface area contributed by atoms with E-state index >= 15 is 0 Å². The quantitative estimate of drug-likeness (QED) is 0.524. The summed E-state index contributed by atoms with van der Waals surface area (Å²) in [4.78, 5) is 0. The van der Waals surface area contributed by atoms with Gasteiger partial charge in [-0.2, -0.15) is 0 Å². The second-order valence-electron chi connectivity index (χ2n) is 1.58. The van der Waals surface area contributed by atoms with Gasteiger partial charge in [0.15, 0.2) is 0 Å². The van der Waals surface area contributed by atoms with Crippen LogP contribution in [0.1, 0.15) is 0 Å². The Morgan fingerprint density at radius 2 is 2.11 bits per heavy atom. The summed E-state index contributed by atoms with van der Waals surface area (Å²) in [5, 5.41) is 0. The third kappa shape index (κ3) is 1.16. The van der Waals surface area contributed by atoms with Crippen molar-refractivity contribution in [3.05, 3.63) is 29.8 Å². The van der Waals surface area contributed by atoms with E-state index in [1.54, 1.807) is 0 Å². The Balaban J connectivity index is 3.17. The van der Waals surface area contributed by atoms with E-state index in [0.717, 1.165) is 12.1 Å². The molecule has 9 heavy (non-hydrogen) atoms. The van der Waals surface area contributed by atoms with E-state index in [2.05, 4.69) is 0 Å². The number of hydrogen-bond acceptors (Lipinski definition) is 1. The topological polar surface area (TPSA) is 26.0 Å². The zero-order valence-electron chi connectivity index (χ0n) is 4.49. The summed E-state index contributed by atoms with van der Waals surface area (Å²) in [5.74, 6) is -1.29. The first kappa shape index (κ1) is 6.01. The number of halogens is 2. The van der Waals surface area contributed by atoms with Crippen LogP contribution >= 0.6 is 0 Å². The molecule has 0 aromatic heterocycles. The minimum Gasteiger partial charge on any atom is -0.396 e. The minimum atomic E-state index is -0.645. The summed E-state index contributed by atoms with van der Waals surface area (Å²) in [7, 11) is 0. The van der Waals surface area contributed by atoms with Gasteiger partial charge in [0.1, 0.15) is 11.6 Å². The highest BCUT2D eigenvalue weighted by Gasteiger charge is 1.96. The monoisotopic (exact) mass is 128 g/mol. The first-order chi connectivity index (χ1) is 4.20. The average molecular weight is 128 g/mol. The third-order valence-electron chi connectivity index (χ3n) is 0.895. The smallest absolute Gasteiger partial charge is 0.146 e. The predicted octanol–water partition coefficient (Wildman–Crippen LogP) is 1.35. The molecule has 0 saturated heterocycles. The molecule has 1 rings (SSSR count). The zero-order valence-corrected chi connectivity index (χ0v) is 4.49. The van der Waals surface area contributed by atoms with Crippen LogP contribution < -0.4 is 5.73 Å². The molecule has 3 heteroatoms. The van der Waals surface area contributed by atoms with Crippen LogP contribution in [0.15, 0.2) is 12.1 Å². The molecule has 0 unspecified atom stereocenters. The number of anilines is 1. The fraction of sp³-hybridized carbons (Fsp3) is 0. The van der Waals surface area contributed by atoms with Gasteiger partial charge in [-0.3, -0.25) is 0 Å². The van der Waals surface area contributed by atoms with Crippen molar-refractivity contribution in [1.29, 1.82) is 0 Å². The highest BCUT2D eigenvalue weighted by atomic mass is 19.1. The second kappa shape index (κ2) is 2.01. The highest BCUT2D eigenvalue weighted by molar-refractivity contribution is 5.38. The molecule has 2 N–H and O–H groups in total. The van der Waals surface area contributed by atoms with Crippen LogP contribution in [0.4, 0.5) is 14.5 Å². The van der Waals surface area contributed by atoms with Crippen molar-refractivity contribution in [2.75, 3.05) is 5.73 Å². The number of nitrogen functional groups attached to an aromatic ring is 1. The fourth-order valence-corrected chi connectivity index (χ4v) is 0.463. The van der Waals surface area contributed by atoms with Crippen LogP contribution in [0.5, 0.6) is 0 Å². The number of rotatable bonds is 0. The van der Waals surface area contributed by atoms with Gasteiger partial charge in [-0.15, -0.1) is 0 Å². The van der Waals surface area contributed by atoms with Crippen molar-refractivity contribution >= 4 is 5.69 Å². The molecule has 0 spiro atoms. The molecule has 1 aromatic rings. The van der Waals surface area contributed by atoms with Gasteiger partial charge in [0.25, 0.3) is 0 Å². The first-order valence-corrected chi connectivity index (χ1v) is 2.32. The van der Waals surface area contributed by atoms with Gasteiger partial charge in [0.2, 0.25) is 0 Å². The van der Waals surface area contributed by atoms with Crippen molar-refractivity contribution in [3.8, 4) is 0 Å². The van der Waals surface area contributed by atoms with E-state index in [4.69, 9.17) is 5.73 Å². The van der Waals surface area contributed by atoms with Gasteiger partial charge in [0, 0.05) is 12.1 Å². The predicted molar refractivity (Wildman–Crippen MR) is 29.6 cm³/mol. The Kier molecular flexibility index (Phi) is 1.34. The van der Waals surface area contributed by atoms with E-state index in [1.165, 1.54) is 0 Å². The van der Waals surface area contributed by atoms with Crippen molar-refractivity contribution in [3.63, 3.8) is 0 Å². The summed E-state index contributed by atoms with van der Waals surface area (Å²) in [6.45, 7) is 0. The van der Waals surface area contributed by atoms with Crippen LogP contribution in [-0.4, -0.2) is 0 Å². The lowest BCUT2D eigenvalue weighted by Gasteiger charge is -1.92. The Labute approximate surface area is 51.1 Å². The third-order valence-corrected chi connectivity index (χ3v) is 0.895. The molecular weight excluding hydrogens is 124 g/mol. The molecule has 1 radical (unpaired) electrons. The van der Waals surface area contributed by atoms with Gasteiger partial charge in [-0.1, -0.05) is 0 Å². The summed E-state index contributed by atoms with van der Waals surface area (Å²) in [6, 6.07) is 3.77. The summed E-state index contributed by atoms with van der Waals surface area (Å²) in [5.41, 5.74) is 4.80. The van der Waals surface area contributed by atoms with Gasteiger partial charge < -0.3 is 5.73 Å². The van der Waals surface area contributed by atoms with Gasteiger partial charge >= 0.3 is 0 Å². The van der Waals surface area contributed by atoms with Crippen LogP contribution in [0.2, 0.25) is 0 Å². The van der Waals surface area contributed by atoms with Crippen molar-refractivity contribution in [2.24, 2.45) is 0 Å². The van der Waals surface area contributed by atoms with Crippen LogP contribution in [0.3, 0.4) is 0 Å². The normalized spacial score (nSPS) is 9.56. The van der Waals surface area contributed by atoms with E-state index in [0.29, 0.717) is 0 Å². The van der Waals surface area contributed by atoms with E-state index in [1.807, 2.05) is 6.07 Å². The Morgan fingerprint density at radius 1 is 1.44 bits per heavy atom. The molecule has 1 nitrogen and oxygen atoms in total. The van der Waals surface area contributed by atoms with E-state index in [-0.39, 0.29) is 5.69 Å². The molecule has 47 valence electrons. The number of nitrogens with two attached hydrogens (primary N) is 1. The molecule has 1 aromatic carbocycles. The SMILES string of the molecule is Nc1cc(F)[c]cc1F. The van der Waals surface area contributed by atoms with Crippen LogP contribution in [-0.2, 0) is 0 Å².